The van der Waals surface area contributed by atoms with Crippen LogP contribution in [0.2, 0.25) is 0 Å². The molecule has 0 aliphatic carbocycles. The van der Waals surface area contributed by atoms with E-state index in [2.05, 4.69) is 5.32 Å². The van der Waals surface area contributed by atoms with Crippen LogP contribution in [0, 0.1) is 0 Å². The number of imide groups is 1. The van der Waals surface area contributed by atoms with E-state index in [-0.39, 0.29) is 11.4 Å². The first kappa shape index (κ1) is 23.2. The molecule has 1 aliphatic heterocycles. The predicted octanol–water partition coefficient (Wildman–Crippen LogP) is 4.54. The van der Waals surface area contributed by atoms with Crippen LogP contribution in [0.15, 0.2) is 59.5 Å². The predicted molar refractivity (Wildman–Crippen MR) is 131 cm³/mol. The van der Waals surface area contributed by atoms with E-state index in [1.54, 1.807) is 24.3 Å². The lowest BCUT2D eigenvalue weighted by molar-refractivity contribution is -0.127. The summed E-state index contributed by atoms with van der Waals surface area (Å²) < 4.78 is 16.0. The van der Waals surface area contributed by atoms with Crippen LogP contribution in [-0.2, 0) is 9.59 Å². The van der Waals surface area contributed by atoms with Gasteiger partial charge in [0.1, 0.15) is 6.54 Å². The average molecular weight is 479 g/mol. The lowest BCUT2D eigenvalue weighted by Gasteiger charge is -2.14. The van der Waals surface area contributed by atoms with E-state index < -0.39 is 17.1 Å². The highest BCUT2D eigenvalue weighted by atomic mass is 32.2. The highest BCUT2D eigenvalue weighted by molar-refractivity contribution is 8.18. The summed E-state index contributed by atoms with van der Waals surface area (Å²) in [5.74, 6) is 0.244. The minimum absolute atomic E-state index is 0.192. The van der Waals surface area contributed by atoms with E-state index in [4.69, 9.17) is 14.2 Å². The van der Waals surface area contributed by atoms with Crippen molar-refractivity contribution in [2.75, 3.05) is 33.2 Å². The van der Waals surface area contributed by atoms with Crippen molar-refractivity contribution < 1.29 is 28.6 Å². The van der Waals surface area contributed by atoms with E-state index in [9.17, 15) is 14.4 Å². The smallest absolute Gasteiger partial charge is 0.294 e. The van der Waals surface area contributed by atoms with Gasteiger partial charge in [0.05, 0.1) is 26.2 Å². The summed E-state index contributed by atoms with van der Waals surface area (Å²) >= 11 is 0.770. The second kappa shape index (κ2) is 9.88. The number of nitrogens with one attached hydrogen (secondary N) is 1. The summed E-state index contributed by atoms with van der Waals surface area (Å²) in [5, 5.41) is 4.12. The number of ether oxygens (including phenoxy) is 3. The molecule has 1 saturated heterocycles. The van der Waals surface area contributed by atoms with Gasteiger partial charge >= 0.3 is 0 Å². The van der Waals surface area contributed by atoms with Gasteiger partial charge in [0.25, 0.3) is 11.1 Å². The molecule has 0 unspecified atom stereocenters. The molecule has 3 aromatic rings. The number of hydrogen-bond acceptors (Lipinski definition) is 7. The van der Waals surface area contributed by atoms with Crippen LogP contribution < -0.4 is 19.5 Å². The molecule has 3 aromatic carbocycles. The molecule has 8 nitrogen and oxygen atoms in total. The van der Waals surface area contributed by atoms with Gasteiger partial charge < -0.3 is 19.5 Å². The quantitative estimate of drug-likeness (QED) is 0.498. The first-order valence-corrected chi connectivity index (χ1v) is 11.1. The molecule has 0 saturated carbocycles. The summed E-state index contributed by atoms with van der Waals surface area (Å²) in [6.07, 6.45) is 1.55. The molecular formula is C25H22N2O6S. The third kappa shape index (κ3) is 4.55. The normalized spacial score (nSPS) is 14.6. The third-order valence-corrected chi connectivity index (χ3v) is 6.13. The van der Waals surface area contributed by atoms with Gasteiger partial charge in [-0.1, -0.05) is 36.4 Å². The number of benzene rings is 3. The standard InChI is InChI=1S/C25H22N2O6S/c1-31-19-11-15(12-20(32-2)23(19)33-3)13-21-24(29)27(25(30)34-21)14-22(28)26-18-10-6-8-16-7-4-5-9-17(16)18/h4-13H,14H2,1-3H3,(H,26,28)/b21-13+. The van der Waals surface area contributed by atoms with Crippen LogP contribution >= 0.6 is 11.8 Å². The van der Waals surface area contributed by atoms with Crippen molar-refractivity contribution in [2.45, 2.75) is 0 Å². The largest absolute Gasteiger partial charge is 0.493 e. The summed E-state index contributed by atoms with van der Waals surface area (Å²) in [7, 11) is 4.47. The van der Waals surface area contributed by atoms with E-state index in [0.29, 0.717) is 28.5 Å². The maximum Gasteiger partial charge on any atom is 0.294 e. The van der Waals surface area contributed by atoms with Crippen LogP contribution in [0.25, 0.3) is 16.8 Å². The first-order chi connectivity index (χ1) is 16.4. The number of fused-ring (bicyclic) bond motifs is 1. The van der Waals surface area contributed by atoms with Gasteiger partial charge in [0, 0.05) is 11.1 Å². The molecule has 0 bridgehead atoms. The molecule has 0 atom stereocenters. The van der Waals surface area contributed by atoms with Crippen molar-refractivity contribution in [1.82, 2.24) is 4.90 Å². The SMILES string of the molecule is COc1cc(/C=C2/SC(=O)N(CC(=O)Nc3cccc4ccccc34)C2=O)cc(OC)c1OC. The van der Waals surface area contributed by atoms with Gasteiger partial charge in [-0.2, -0.15) is 0 Å². The van der Waals surface area contributed by atoms with E-state index in [1.807, 2.05) is 36.4 Å². The lowest BCUT2D eigenvalue weighted by Crippen LogP contribution is -2.36. The summed E-state index contributed by atoms with van der Waals surface area (Å²) in [4.78, 5) is 39.2. The maximum absolute atomic E-state index is 12.9. The molecule has 0 radical (unpaired) electrons. The Hall–Kier alpha value is -3.98. The van der Waals surface area contributed by atoms with Gasteiger partial charge in [-0.25, -0.2) is 0 Å². The van der Waals surface area contributed by atoms with Gasteiger partial charge in [-0.05, 0) is 47.0 Å². The second-order valence-electron chi connectivity index (χ2n) is 7.30. The zero-order valence-corrected chi connectivity index (χ0v) is 19.6. The van der Waals surface area contributed by atoms with Gasteiger partial charge in [0.2, 0.25) is 11.7 Å². The van der Waals surface area contributed by atoms with Crippen LogP contribution in [0.1, 0.15) is 5.56 Å². The van der Waals surface area contributed by atoms with Gasteiger partial charge in [-0.3, -0.25) is 19.3 Å². The van der Waals surface area contributed by atoms with E-state index in [1.165, 1.54) is 21.3 Å². The number of thioether (sulfide) groups is 1. The Balaban J connectivity index is 1.53. The third-order valence-electron chi connectivity index (χ3n) is 5.22. The average Bonchev–Trinajstić information content (AvgIpc) is 3.10. The molecule has 3 amide bonds. The minimum Gasteiger partial charge on any atom is -0.493 e. The van der Waals surface area contributed by atoms with Crippen LogP contribution in [-0.4, -0.2) is 49.8 Å². The summed E-state index contributed by atoms with van der Waals surface area (Å²) in [6, 6.07) is 16.5. The molecule has 0 spiro atoms. The number of rotatable bonds is 7. The number of nitrogens with zero attached hydrogens (tertiary/aromatic N) is 1. The molecule has 1 fully saturated rings. The Morgan fingerprint density at radius 1 is 0.971 bits per heavy atom. The van der Waals surface area contributed by atoms with Gasteiger partial charge in [0.15, 0.2) is 11.5 Å². The number of carbonyl (C=O) groups is 3. The van der Waals surface area contributed by atoms with Crippen LogP contribution in [0.3, 0.4) is 0 Å². The molecule has 0 aromatic heterocycles. The molecule has 9 heteroatoms. The molecule has 174 valence electrons. The van der Waals surface area contributed by atoms with Crippen molar-refractivity contribution in [1.29, 1.82) is 0 Å². The van der Waals surface area contributed by atoms with Crippen LogP contribution in [0.4, 0.5) is 10.5 Å². The molecular weight excluding hydrogens is 456 g/mol. The Bertz CT molecular complexity index is 1290. The maximum atomic E-state index is 12.9. The topological polar surface area (TPSA) is 94.2 Å². The molecule has 34 heavy (non-hydrogen) atoms. The van der Waals surface area contributed by atoms with Crippen LogP contribution in [0.5, 0.6) is 17.2 Å². The van der Waals surface area contributed by atoms with E-state index >= 15 is 0 Å². The molecule has 1 heterocycles. The number of amides is 3. The number of anilines is 1. The zero-order valence-electron chi connectivity index (χ0n) is 18.8. The van der Waals surface area contributed by atoms with Crippen molar-refractivity contribution >= 4 is 51.4 Å². The minimum atomic E-state index is -0.545. The Kier molecular flexibility index (Phi) is 6.74. The fourth-order valence-electron chi connectivity index (χ4n) is 3.64. The Labute approximate surface area is 200 Å². The van der Waals surface area contributed by atoms with Gasteiger partial charge in [-0.15, -0.1) is 0 Å². The number of hydrogen-bond donors (Lipinski definition) is 1. The van der Waals surface area contributed by atoms with Crippen molar-refractivity contribution in [2.24, 2.45) is 0 Å². The second-order valence-corrected chi connectivity index (χ2v) is 8.29. The highest BCUT2D eigenvalue weighted by Gasteiger charge is 2.36. The lowest BCUT2D eigenvalue weighted by atomic mass is 10.1. The monoisotopic (exact) mass is 478 g/mol. The highest BCUT2D eigenvalue weighted by Crippen LogP contribution is 2.40. The summed E-state index contributed by atoms with van der Waals surface area (Å²) in [5.41, 5.74) is 1.20. The fourth-order valence-corrected chi connectivity index (χ4v) is 4.48. The Morgan fingerprint density at radius 2 is 1.65 bits per heavy atom. The first-order valence-electron chi connectivity index (χ1n) is 10.3. The number of carbonyl (C=O) groups excluding carboxylic acids is 3. The molecule has 4 rings (SSSR count). The zero-order chi connectivity index (χ0) is 24.2. The fraction of sp³-hybridized carbons (Fsp3) is 0.160. The molecule has 1 aliphatic rings. The van der Waals surface area contributed by atoms with Crippen molar-refractivity contribution in [3.05, 3.63) is 65.1 Å². The Morgan fingerprint density at radius 3 is 2.32 bits per heavy atom. The molecule has 1 N–H and O–H groups in total. The van der Waals surface area contributed by atoms with Crippen molar-refractivity contribution in [3.63, 3.8) is 0 Å². The number of methoxy groups -OCH3 is 3. The van der Waals surface area contributed by atoms with Crippen molar-refractivity contribution in [3.8, 4) is 17.2 Å². The van der Waals surface area contributed by atoms with E-state index in [0.717, 1.165) is 27.4 Å². The summed E-state index contributed by atoms with van der Waals surface area (Å²) in [6.45, 7) is -0.388.